The first-order valence-corrected chi connectivity index (χ1v) is 14.7. The number of benzene rings is 1. The van der Waals surface area contributed by atoms with Crippen LogP contribution in [0.15, 0.2) is 42.6 Å². The number of nitrogens with zero attached hydrogens (tertiary/aromatic N) is 6. The van der Waals surface area contributed by atoms with E-state index in [0.29, 0.717) is 32.1 Å². The van der Waals surface area contributed by atoms with Gasteiger partial charge in [0, 0.05) is 63.0 Å². The van der Waals surface area contributed by atoms with Gasteiger partial charge in [-0.2, -0.15) is 13.2 Å². The van der Waals surface area contributed by atoms with Gasteiger partial charge in [-0.25, -0.2) is 15.0 Å². The van der Waals surface area contributed by atoms with Crippen LogP contribution in [-0.2, 0) is 6.18 Å². The van der Waals surface area contributed by atoms with Crippen LogP contribution < -0.4 is 14.7 Å². The third-order valence-electron chi connectivity index (χ3n) is 8.39. The fraction of sp³-hybridized carbons (Fsp3) is 0.500. The number of piperazine rings is 1. The summed E-state index contributed by atoms with van der Waals surface area (Å²) in [6, 6.07) is 10.6. The topological polar surface area (TPSA) is 48.4 Å². The van der Waals surface area contributed by atoms with Gasteiger partial charge in [0.2, 0.25) is 0 Å². The highest BCUT2D eigenvalue weighted by atomic mass is 35.5. The molecule has 212 valence electrons. The smallest absolute Gasteiger partial charge is 0.370 e. The van der Waals surface area contributed by atoms with Crippen LogP contribution in [0.5, 0.6) is 0 Å². The molecule has 3 aromatic rings. The van der Waals surface area contributed by atoms with Gasteiger partial charge in [0.1, 0.15) is 17.5 Å². The van der Waals surface area contributed by atoms with Gasteiger partial charge in [-0.05, 0) is 49.9 Å². The molecular weight excluding hydrogens is 537 g/mol. The lowest BCUT2D eigenvalue weighted by molar-refractivity contribution is -0.137. The van der Waals surface area contributed by atoms with Crippen molar-refractivity contribution in [1.29, 1.82) is 0 Å². The van der Waals surface area contributed by atoms with Crippen molar-refractivity contribution in [3.63, 3.8) is 0 Å². The maximum absolute atomic E-state index is 13.6. The van der Waals surface area contributed by atoms with Crippen molar-refractivity contribution < 1.29 is 13.2 Å². The quantitative estimate of drug-likeness (QED) is 0.324. The van der Waals surface area contributed by atoms with Crippen LogP contribution in [0.2, 0.25) is 5.02 Å². The summed E-state index contributed by atoms with van der Waals surface area (Å²) in [5, 5.41) is 0.725. The Balaban J connectivity index is 1.28. The van der Waals surface area contributed by atoms with Crippen LogP contribution in [0, 0.1) is 0 Å². The zero-order chi connectivity index (χ0) is 27.7. The molecular formula is C30H34ClF3N6. The fourth-order valence-corrected chi connectivity index (χ4v) is 6.50. The van der Waals surface area contributed by atoms with E-state index < -0.39 is 11.7 Å². The average molecular weight is 571 g/mol. The molecule has 2 aromatic heterocycles. The molecule has 4 heterocycles. The predicted octanol–water partition coefficient (Wildman–Crippen LogP) is 7.19. The first kappa shape index (κ1) is 27.1. The summed E-state index contributed by atoms with van der Waals surface area (Å²) >= 11 is 6.77. The van der Waals surface area contributed by atoms with E-state index in [9.17, 15) is 13.2 Å². The normalized spacial score (nSPS) is 18.9. The lowest BCUT2D eigenvalue weighted by atomic mass is 9.88. The Morgan fingerprint density at radius 3 is 2.20 bits per heavy atom. The SMILES string of the molecule is FC(F)(F)c1cccnc1N1CCN(c2cc(-c3ccc(N4CCCC4)c(Cl)c3)nc(C3CCCCC3)n2)CC1. The van der Waals surface area contributed by atoms with Gasteiger partial charge in [0.05, 0.1) is 22.0 Å². The Morgan fingerprint density at radius 2 is 1.50 bits per heavy atom. The monoisotopic (exact) mass is 570 g/mol. The lowest BCUT2D eigenvalue weighted by Gasteiger charge is -2.37. The van der Waals surface area contributed by atoms with Gasteiger partial charge in [-0.15, -0.1) is 0 Å². The van der Waals surface area contributed by atoms with Crippen LogP contribution in [0.3, 0.4) is 0 Å². The molecule has 0 atom stereocenters. The largest absolute Gasteiger partial charge is 0.419 e. The van der Waals surface area contributed by atoms with Crippen LogP contribution in [0.4, 0.5) is 30.5 Å². The zero-order valence-corrected chi connectivity index (χ0v) is 23.3. The van der Waals surface area contributed by atoms with Gasteiger partial charge in [0.25, 0.3) is 0 Å². The average Bonchev–Trinajstić information content (AvgIpc) is 3.52. The van der Waals surface area contributed by atoms with Crippen molar-refractivity contribution in [2.75, 3.05) is 54.0 Å². The summed E-state index contributed by atoms with van der Waals surface area (Å²) in [7, 11) is 0. The van der Waals surface area contributed by atoms with E-state index in [1.165, 1.54) is 44.4 Å². The Bertz CT molecular complexity index is 1330. The zero-order valence-electron chi connectivity index (χ0n) is 22.5. The number of alkyl halides is 3. The van der Waals surface area contributed by atoms with Crippen LogP contribution >= 0.6 is 11.6 Å². The van der Waals surface area contributed by atoms with Crippen LogP contribution in [0.1, 0.15) is 62.3 Å². The molecule has 0 amide bonds. The van der Waals surface area contributed by atoms with Gasteiger partial charge in [-0.1, -0.05) is 36.9 Å². The van der Waals surface area contributed by atoms with E-state index in [1.54, 1.807) is 4.90 Å². The summed E-state index contributed by atoms with van der Waals surface area (Å²) in [4.78, 5) is 20.4. The van der Waals surface area contributed by atoms with Crippen molar-refractivity contribution in [2.24, 2.45) is 0 Å². The molecule has 40 heavy (non-hydrogen) atoms. The molecule has 2 aliphatic heterocycles. The summed E-state index contributed by atoms with van der Waals surface area (Å²) in [5.74, 6) is 1.99. The maximum atomic E-state index is 13.6. The van der Waals surface area contributed by atoms with Crippen molar-refractivity contribution in [1.82, 2.24) is 15.0 Å². The minimum absolute atomic E-state index is 0.00587. The molecule has 0 N–H and O–H groups in total. The second-order valence-corrected chi connectivity index (χ2v) is 11.4. The van der Waals surface area contributed by atoms with Crippen molar-refractivity contribution >= 4 is 28.9 Å². The predicted molar refractivity (Wildman–Crippen MR) is 153 cm³/mol. The molecule has 0 bridgehead atoms. The van der Waals surface area contributed by atoms with E-state index in [4.69, 9.17) is 21.6 Å². The number of halogens is 4. The van der Waals surface area contributed by atoms with Gasteiger partial charge in [-0.3, -0.25) is 0 Å². The molecule has 3 aliphatic rings. The minimum atomic E-state index is -4.44. The molecule has 6 rings (SSSR count). The molecule has 3 fully saturated rings. The number of hydrogen-bond acceptors (Lipinski definition) is 6. The molecule has 0 spiro atoms. The number of rotatable bonds is 5. The third-order valence-corrected chi connectivity index (χ3v) is 8.69. The first-order chi connectivity index (χ1) is 19.4. The highest BCUT2D eigenvalue weighted by Crippen LogP contribution is 2.38. The second-order valence-electron chi connectivity index (χ2n) is 11.0. The van der Waals surface area contributed by atoms with E-state index in [-0.39, 0.29) is 5.82 Å². The number of pyridine rings is 1. The van der Waals surface area contributed by atoms with Crippen molar-refractivity contribution in [2.45, 2.75) is 57.0 Å². The summed E-state index contributed by atoms with van der Waals surface area (Å²) in [6.07, 6.45) is 5.09. The molecule has 1 aromatic carbocycles. The summed E-state index contributed by atoms with van der Waals surface area (Å²) in [6.45, 7) is 3.99. The first-order valence-electron chi connectivity index (χ1n) is 14.3. The van der Waals surface area contributed by atoms with Crippen molar-refractivity contribution in [3.05, 3.63) is 59.0 Å². The molecule has 1 aliphatic carbocycles. The van der Waals surface area contributed by atoms with Crippen LogP contribution in [0.25, 0.3) is 11.3 Å². The number of anilines is 3. The maximum Gasteiger partial charge on any atom is 0.419 e. The molecule has 0 radical (unpaired) electrons. The van der Waals surface area contributed by atoms with Crippen LogP contribution in [-0.4, -0.2) is 54.2 Å². The van der Waals surface area contributed by atoms with Gasteiger partial charge in [0.15, 0.2) is 0 Å². The van der Waals surface area contributed by atoms with Crippen molar-refractivity contribution in [3.8, 4) is 11.3 Å². The van der Waals surface area contributed by atoms with Gasteiger partial charge >= 0.3 is 6.18 Å². The second kappa shape index (κ2) is 11.4. The summed E-state index contributed by atoms with van der Waals surface area (Å²) in [5.41, 5.74) is 2.16. The highest BCUT2D eigenvalue weighted by molar-refractivity contribution is 6.33. The Hall–Kier alpha value is -3.07. The van der Waals surface area contributed by atoms with E-state index in [0.717, 1.165) is 65.6 Å². The fourth-order valence-electron chi connectivity index (χ4n) is 6.20. The van der Waals surface area contributed by atoms with E-state index in [2.05, 4.69) is 26.9 Å². The molecule has 1 saturated carbocycles. The third kappa shape index (κ3) is 5.71. The standard InChI is InChI=1S/C30H34ClF3N6/c31-24-19-22(10-11-26(24)38-13-4-5-14-38)25-20-27(37-28(36-25)21-7-2-1-3-8-21)39-15-17-40(18-16-39)29-23(30(32,33)34)9-6-12-35-29/h6,9-12,19-21H,1-5,7-8,13-18H2. The van der Waals surface area contributed by atoms with E-state index >= 15 is 0 Å². The Morgan fingerprint density at radius 1 is 0.775 bits per heavy atom. The lowest BCUT2D eigenvalue weighted by Crippen LogP contribution is -2.47. The summed E-state index contributed by atoms with van der Waals surface area (Å²) < 4.78 is 40.8. The Labute approximate surface area is 238 Å². The van der Waals surface area contributed by atoms with E-state index in [1.807, 2.05) is 12.1 Å². The minimum Gasteiger partial charge on any atom is -0.370 e. The number of hydrogen-bond donors (Lipinski definition) is 0. The Kier molecular flexibility index (Phi) is 7.75. The van der Waals surface area contributed by atoms with Gasteiger partial charge < -0.3 is 14.7 Å². The molecule has 0 unspecified atom stereocenters. The number of aromatic nitrogens is 3. The highest BCUT2D eigenvalue weighted by Gasteiger charge is 2.36. The molecule has 2 saturated heterocycles. The molecule has 10 heteroatoms. The molecule has 6 nitrogen and oxygen atoms in total.